The highest BCUT2D eigenvalue weighted by molar-refractivity contribution is 7.16. The minimum atomic E-state index is 0.0324. The molecule has 2 rings (SSSR count). The lowest BCUT2D eigenvalue weighted by molar-refractivity contribution is 0.371. The normalized spacial score (nSPS) is 21.2. The smallest absolute Gasteiger partial charge is 0.0931 e. The van der Waals surface area contributed by atoms with Crippen molar-refractivity contribution in [2.75, 3.05) is 0 Å². The van der Waals surface area contributed by atoms with E-state index in [1.54, 1.807) is 11.3 Å². The molecule has 0 atom stereocenters. The fraction of sp³-hybridized carbons (Fsp3) is 0.667. The van der Waals surface area contributed by atoms with Crippen LogP contribution in [0.15, 0.2) is 12.1 Å². The van der Waals surface area contributed by atoms with E-state index in [9.17, 15) is 0 Å². The molecular formula is C12H18ClNS. The summed E-state index contributed by atoms with van der Waals surface area (Å²) in [4.78, 5) is 1.34. The van der Waals surface area contributed by atoms with Crippen molar-refractivity contribution in [1.82, 2.24) is 0 Å². The van der Waals surface area contributed by atoms with Gasteiger partial charge in [0.05, 0.1) is 4.34 Å². The summed E-state index contributed by atoms with van der Waals surface area (Å²) in [5.74, 6) is 0. The Balaban J connectivity index is 2.02. The Hall–Kier alpha value is -0.0500. The number of halogens is 1. The first-order valence-electron chi connectivity index (χ1n) is 5.71. The van der Waals surface area contributed by atoms with Crippen LogP contribution >= 0.6 is 22.9 Å². The van der Waals surface area contributed by atoms with E-state index in [-0.39, 0.29) is 5.54 Å². The highest BCUT2D eigenvalue weighted by atomic mass is 35.5. The summed E-state index contributed by atoms with van der Waals surface area (Å²) < 4.78 is 0.877. The van der Waals surface area contributed by atoms with Gasteiger partial charge in [-0.2, -0.15) is 0 Å². The van der Waals surface area contributed by atoms with Crippen LogP contribution in [0.25, 0.3) is 0 Å². The Labute approximate surface area is 101 Å². The highest BCUT2D eigenvalue weighted by Gasteiger charge is 2.26. The first kappa shape index (κ1) is 11.4. The van der Waals surface area contributed by atoms with E-state index in [4.69, 9.17) is 17.3 Å². The molecule has 0 unspecified atom stereocenters. The maximum atomic E-state index is 6.46. The fourth-order valence-corrected chi connectivity index (χ4v) is 3.65. The minimum absolute atomic E-state index is 0.0324. The van der Waals surface area contributed by atoms with Crippen molar-refractivity contribution >= 4 is 22.9 Å². The number of nitrogens with two attached hydrogens (primary N) is 1. The van der Waals surface area contributed by atoms with Crippen molar-refractivity contribution in [2.24, 2.45) is 5.73 Å². The van der Waals surface area contributed by atoms with Crippen LogP contribution in [-0.4, -0.2) is 5.54 Å². The molecule has 1 heterocycles. The third-order valence-electron chi connectivity index (χ3n) is 3.25. The Bertz CT molecular complexity index is 313. The average molecular weight is 244 g/mol. The maximum absolute atomic E-state index is 6.46. The molecule has 15 heavy (non-hydrogen) atoms. The molecule has 1 aliphatic rings. The number of hydrogen-bond acceptors (Lipinski definition) is 2. The van der Waals surface area contributed by atoms with Gasteiger partial charge < -0.3 is 5.73 Å². The molecule has 1 nitrogen and oxygen atoms in total. The lowest BCUT2D eigenvalue weighted by atomic mass is 9.87. The largest absolute Gasteiger partial charge is 0.325 e. The molecule has 0 saturated heterocycles. The van der Waals surface area contributed by atoms with E-state index in [0.29, 0.717) is 0 Å². The summed E-state index contributed by atoms with van der Waals surface area (Å²) >= 11 is 7.61. The SMILES string of the molecule is NC1(Cc2ccc(Cl)s2)CCCCCC1. The molecule has 3 heteroatoms. The molecule has 0 aliphatic heterocycles. The third-order valence-corrected chi connectivity index (χ3v) is 4.49. The number of thiophene rings is 1. The quantitative estimate of drug-likeness (QED) is 0.781. The van der Waals surface area contributed by atoms with Crippen molar-refractivity contribution in [3.8, 4) is 0 Å². The standard InChI is InChI=1S/C12H18ClNS/c13-11-6-5-10(15-11)9-12(14)7-3-1-2-4-8-12/h5-6H,1-4,7-9,14H2. The highest BCUT2D eigenvalue weighted by Crippen LogP contribution is 2.31. The molecule has 1 aromatic rings. The second-order valence-corrected chi connectivity index (χ2v) is 6.46. The van der Waals surface area contributed by atoms with E-state index in [1.807, 2.05) is 6.07 Å². The summed E-state index contributed by atoms with van der Waals surface area (Å²) in [5.41, 5.74) is 6.50. The van der Waals surface area contributed by atoms with Crippen molar-refractivity contribution < 1.29 is 0 Å². The van der Waals surface area contributed by atoms with Gasteiger partial charge in [-0.3, -0.25) is 0 Å². The summed E-state index contributed by atoms with van der Waals surface area (Å²) in [5, 5.41) is 0. The molecule has 1 fully saturated rings. The lowest BCUT2D eigenvalue weighted by Crippen LogP contribution is -2.41. The van der Waals surface area contributed by atoms with Crippen molar-refractivity contribution in [2.45, 2.75) is 50.5 Å². The van der Waals surface area contributed by atoms with E-state index in [2.05, 4.69) is 6.07 Å². The lowest BCUT2D eigenvalue weighted by Gasteiger charge is -2.27. The zero-order valence-corrected chi connectivity index (χ0v) is 10.5. The molecular weight excluding hydrogens is 226 g/mol. The van der Waals surface area contributed by atoms with Gasteiger partial charge in [-0.15, -0.1) is 11.3 Å². The van der Waals surface area contributed by atoms with Gasteiger partial charge >= 0.3 is 0 Å². The van der Waals surface area contributed by atoms with Crippen LogP contribution in [0.4, 0.5) is 0 Å². The van der Waals surface area contributed by atoms with Crippen LogP contribution in [-0.2, 0) is 6.42 Å². The van der Waals surface area contributed by atoms with Gasteiger partial charge in [0.1, 0.15) is 0 Å². The van der Waals surface area contributed by atoms with Crippen LogP contribution in [0.2, 0.25) is 4.34 Å². The van der Waals surface area contributed by atoms with E-state index >= 15 is 0 Å². The second-order valence-electron chi connectivity index (χ2n) is 4.66. The third kappa shape index (κ3) is 3.20. The number of rotatable bonds is 2. The van der Waals surface area contributed by atoms with Gasteiger partial charge in [0, 0.05) is 10.4 Å². The van der Waals surface area contributed by atoms with Crippen molar-refractivity contribution in [3.63, 3.8) is 0 Å². The average Bonchev–Trinajstić information content (AvgIpc) is 2.46. The van der Waals surface area contributed by atoms with Crippen LogP contribution in [0.1, 0.15) is 43.4 Å². The first-order valence-corrected chi connectivity index (χ1v) is 6.91. The Morgan fingerprint density at radius 2 is 1.87 bits per heavy atom. The minimum Gasteiger partial charge on any atom is -0.325 e. The monoisotopic (exact) mass is 243 g/mol. The van der Waals surface area contributed by atoms with E-state index in [1.165, 1.54) is 43.4 Å². The van der Waals surface area contributed by atoms with Gasteiger partial charge in [0.25, 0.3) is 0 Å². The summed E-state index contributed by atoms with van der Waals surface area (Å²) in [6, 6.07) is 4.09. The van der Waals surface area contributed by atoms with Gasteiger partial charge in [-0.25, -0.2) is 0 Å². The Kier molecular flexibility index (Phi) is 3.70. The van der Waals surface area contributed by atoms with Gasteiger partial charge in [0.15, 0.2) is 0 Å². The molecule has 84 valence electrons. The van der Waals surface area contributed by atoms with E-state index < -0.39 is 0 Å². The van der Waals surface area contributed by atoms with Crippen molar-refractivity contribution in [1.29, 1.82) is 0 Å². The maximum Gasteiger partial charge on any atom is 0.0931 e. The molecule has 1 aliphatic carbocycles. The zero-order valence-electron chi connectivity index (χ0n) is 8.97. The Morgan fingerprint density at radius 1 is 1.20 bits per heavy atom. The predicted molar refractivity (Wildman–Crippen MR) is 67.7 cm³/mol. The molecule has 0 spiro atoms. The molecule has 1 aromatic heterocycles. The summed E-state index contributed by atoms with van der Waals surface area (Å²) in [7, 11) is 0. The van der Waals surface area contributed by atoms with Crippen LogP contribution < -0.4 is 5.73 Å². The molecule has 0 amide bonds. The molecule has 1 saturated carbocycles. The zero-order chi connectivity index (χ0) is 10.7. The van der Waals surface area contributed by atoms with E-state index in [0.717, 1.165) is 10.8 Å². The Morgan fingerprint density at radius 3 is 2.40 bits per heavy atom. The molecule has 0 bridgehead atoms. The molecule has 0 radical (unpaired) electrons. The van der Waals surface area contributed by atoms with Crippen molar-refractivity contribution in [3.05, 3.63) is 21.3 Å². The van der Waals surface area contributed by atoms with Gasteiger partial charge in [-0.05, 0) is 31.4 Å². The summed E-state index contributed by atoms with van der Waals surface area (Å²) in [6.45, 7) is 0. The van der Waals surface area contributed by atoms with Gasteiger partial charge in [-0.1, -0.05) is 37.3 Å². The predicted octanol–water partition coefficient (Wildman–Crippen LogP) is 4.00. The topological polar surface area (TPSA) is 26.0 Å². The van der Waals surface area contributed by atoms with Gasteiger partial charge in [0.2, 0.25) is 0 Å². The van der Waals surface area contributed by atoms with Crippen LogP contribution in [0, 0.1) is 0 Å². The van der Waals surface area contributed by atoms with Crippen LogP contribution in [0.5, 0.6) is 0 Å². The second kappa shape index (κ2) is 4.86. The molecule has 0 aromatic carbocycles. The van der Waals surface area contributed by atoms with Crippen LogP contribution in [0.3, 0.4) is 0 Å². The first-order chi connectivity index (χ1) is 7.18. The molecule has 2 N–H and O–H groups in total. The summed E-state index contributed by atoms with van der Waals surface area (Å²) in [6.07, 6.45) is 8.62. The number of hydrogen-bond donors (Lipinski definition) is 1. The fourth-order valence-electron chi connectivity index (χ4n) is 2.40.